The summed E-state index contributed by atoms with van der Waals surface area (Å²) >= 11 is 0. The molecule has 2 bridgehead atoms. The van der Waals surface area contributed by atoms with Gasteiger partial charge in [-0.1, -0.05) is 0 Å². The van der Waals surface area contributed by atoms with E-state index in [4.69, 9.17) is 10.00 Å². The van der Waals surface area contributed by atoms with E-state index in [0.29, 0.717) is 0 Å². The van der Waals surface area contributed by atoms with Gasteiger partial charge < -0.3 is 10.1 Å². The van der Waals surface area contributed by atoms with Crippen LogP contribution in [0.15, 0.2) is 0 Å². The molecule has 0 radical (unpaired) electrons. The maximum absolute atomic E-state index is 12.3. The van der Waals surface area contributed by atoms with E-state index in [1.807, 2.05) is 26.8 Å². The van der Waals surface area contributed by atoms with Gasteiger partial charge in [-0.05, 0) is 46.0 Å². The number of nitrogens with one attached hydrogen (secondary N) is 1. The van der Waals surface area contributed by atoms with Crippen LogP contribution in [0.2, 0.25) is 0 Å². The van der Waals surface area contributed by atoms with Gasteiger partial charge in [0.05, 0.1) is 6.07 Å². The molecule has 2 rings (SSSR count). The number of nitrogens with zero attached hydrogens (tertiary/aromatic N) is 2. The van der Waals surface area contributed by atoms with Crippen molar-refractivity contribution in [2.24, 2.45) is 5.92 Å². The maximum Gasteiger partial charge on any atom is 0.411 e. The number of nitriles is 1. The lowest BCUT2D eigenvalue weighted by atomic mass is 9.98. The second kappa shape index (κ2) is 5.31. The van der Waals surface area contributed by atoms with Crippen molar-refractivity contribution < 1.29 is 14.3 Å². The van der Waals surface area contributed by atoms with E-state index in [0.717, 1.165) is 19.3 Å². The van der Waals surface area contributed by atoms with Gasteiger partial charge in [-0.15, -0.1) is 0 Å². The first-order chi connectivity index (χ1) is 9.33. The largest absolute Gasteiger partial charge is 0.444 e. The zero-order valence-corrected chi connectivity index (χ0v) is 12.2. The predicted octanol–water partition coefficient (Wildman–Crippen LogP) is 1.41. The normalized spacial score (nSPS) is 28.1. The van der Waals surface area contributed by atoms with Gasteiger partial charge in [-0.3, -0.25) is 9.69 Å². The number of hydrogen-bond donors (Lipinski definition) is 1. The molecule has 0 aromatic heterocycles. The number of carbonyl (C=O) groups is 2. The summed E-state index contributed by atoms with van der Waals surface area (Å²) in [6.45, 7) is 5.40. The van der Waals surface area contributed by atoms with Gasteiger partial charge in [0.25, 0.3) is 0 Å². The van der Waals surface area contributed by atoms with Crippen molar-refractivity contribution in [1.82, 2.24) is 10.2 Å². The lowest BCUT2D eigenvalue weighted by Gasteiger charge is -2.35. The first kappa shape index (κ1) is 14.6. The summed E-state index contributed by atoms with van der Waals surface area (Å²) in [6.07, 6.45) is 2.30. The molecule has 1 N–H and O–H groups in total. The first-order valence-electron chi connectivity index (χ1n) is 6.99. The zero-order chi connectivity index (χ0) is 14.9. The smallest absolute Gasteiger partial charge is 0.411 e. The van der Waals surface area contributed by atoms with Gasteiger partial charge in [0.15, 0.2) is 0 Å². The summed E-state index contributed by atoms with van der Waals surface area (Å²) in [5.74, 6) is -0.0594. The van der Waals surface area contributed by atoms with E-state index in [2.05, 4.69) is 5.32 Å². The standard InChI is InChI=1S/C14H21N3O3/c1-14(2,3)20-13(19)17-10-5-4-9(8-10)11(17)12(18)16-7-6-15/h9-11H,4-5,7-8H2,1-3H3,(H,16,18)/t9?,10?,11-/m0/s1. The molecule has 2 unspecified atom stereocenters. The molecule has 3 atom stereocenters. The second-order valence-electron chi connectivity index (χ2n) is 6.44. The molecule has 1 heterocycles. The Morgan fingerprint density at radius 2 is 2.10 bits per heavy atom. The minimum absolute atomic E-state index is 0.0329. The van der Waals surface area contributed by atoms with E-state index in [1.165, 1.54) is 0 Å². The summed E-state index contributed by atoms with van der Waals surface area (Å²) in [5, 5.41) is 11.1. The number of carbonyl (C=O) groups excluding carboxylic acids is 2. The van der Waals surface area contributed by atoms with E-state index in [1.54, 1.807) is 4.90 Å². The molecule has 0 aromatic carbocycles. The molecule has 1 saturated heterocycles. The van der Waals surface area contributed by atoms with Crippen LogP contribution in [0.4, 0.5) is 4.79 Å². The van der Waals surface area contributed by atoms with E-state index in [-0.39, 0.29) is 24.4 Å². The third kappa shape index (κ3) is 2.87. The Bertz CT molecular complexity index is 450. The molecule has 20 heavy (non-hydrogen) atoms. The fraction of sp³-hybridized carbons (Fsp3) is 0.786. The van der Waals surface area contributed by atoms with Crippen LogP contribution in [0.1, 0.15) is 40.0 Å². The number of likely N-dealkylation sites (tertiary alicyclic amines) is 1. The number of rotatable bonds is 2. The fourth-order valence-electron chi connectivity index (χ4n) is 3.13. The van der Waals surface area contributed by atoms with Crippen molar-refractivity contribution in [3.8, 4) is 6.07 Å². The van der Waals surface area contributed by atoms with Crippen LogP contribution < -0.4 is 5.32 Å². The van der Waals surface area contributed by atoms with Gasteiger partial charge in [0, 0.05) is 6.04 Å². The average Bonchev–Trinajstić information content (AvgIpc) is 2.93. The molecule has 0 spiro atoms. The van der Waals surface area contributed by atoms with Gasteiger partial charge in [-0.25, -0.2) is 4.79 Å². The Morgan fingerprint density at radius 1 is 1.40 bits per heavy atom. The molecular formula is C14H21N3O3. The van der Waals surface area contributed by atoms with Gasteiger partial charge >= 0.3 is 6.09 Å². The molecule has 2 aliphatic rings. The van der Waals surface area contributed by atoms with Gasteiger partial charge in [0.1, 0.15) is 18.2 Å². The Kier molecular flexibility index (Phi) is 3.89. The van der Waals surface area contributed by atoms with Crippen LogP contribution in [0, 0.1) is 17.2 Å². The zero-order valence-electron chi connectivity index (χ0n) is 12.2. The van der Waals surface area contributed by atoms with Crippen molar-refractivity contribution >= 4 is 12.0 Å². The maximum atomic E-state index is 12.3. The van der Waals surface area contributed by atoms with Crippen molar-refractivity contribution in [3.05, 3.63) is 0 Å². The lowest BCUT2D eigenvalue weighted by Crippen LogP contribution is -2.53. The SMILES string of the molecule is CC(C)(C)OC(=O)N1C2CCC(C2)[C@H]1C(=O)NCC#N. The summed E-state index contributed by atoms with van der Waals surface area (Å²) in [6, 6.07) is 1.48. The Morgan fingerprint density at radius 3 is 2.70 bits per heavy atom. The molecule has 2 amide bonds. The lowest BCUT2D eigenvalue weighted by molar-refractivity contribution is -0.127. The number of hydrogen-bond acceptors (Lipinski definition) is 4. The minimum atomic E-state index is -0.577. The summed E-state index contributed by atoms with van der Waals surface area (Å²) in [5.41, 5.74) is -0.577. The highest BCUT2D eigenvalue weighted by Gasteiger charge is 2.52. The Labute approximate surface area is 119 Å². The van der Waals surface area contributed by atoms with Crippen LogP contribution in [0.3, 0.4) is 0 Å². The monoisotopic (exact) mass is 279 g/mol. The van der Waals surface area contributed by atoms with Gasteiger partial charge in [0.2, 0.25) is 5.91 Å². The molecule has 6 nitrogen and oxygen atoms in total. The average molecular weight is 279 g/mol. The van der Waals surface area contributed by atoms with E-state index < -0.39 is 17.7 Å². The number of piperidine rings is 1. The molecule has 2 fully saturated rings. The molecule has 1 saturated carbocycles. The third-order valence-electron chi connectivity index (χ3n) is 3.80. The van der Waals surface area contributed by atoms with E-state index in [9.17, 15) is 9.59 Å². The second-order valence-corrected chi connectivity index (χ2v) is 6.44. The number of fused-ring (bicyclic) bond motifs is 2. The van der Waals surface area contributed by atoms with Crippen molar-refractivity contribution in [1.29, 1.82) is 5.26 Å². The molecule has 0 aromatic rings. The molecule has 1 aliphatic heterocycles. The van der Waals surface area contributed by atoms with Gasteiger partial charge in [-0.2, -0.15) is 5.26 Å². The fourth-order valence-corrected chi connectivity index (χ4v) is 3.13. The number of ether oxygens (including phenoxy) is 1. The molecule has 1 aliphatic carbocycles. The van der Waals surface area contributed by atoms with Crippen LogP contribution >= 0.6 is 0 Å². The Balaban J connectivity index is 2.11. The Hall–Kier alpha value is -1.77. The molecular weight excluding hydrogens is 258 g/mol. The van der Waals surface area contributed by atoms with Crippen molar-refractivity contribution in [2.45, 2.75) is 57.7 Å². The van der Waals surface area contributed by atoms with Crippen LogP contribution in [0.5, 0.6) is 0 Å². The van der Waals surface area contributed by atoms with Crippen LogP contribution in [0.25, 0.3) is 0 Å². The topological polar surface area (TPSA) is 82.4 Å². The van der Waals surface area contributed by atoms with Crippen molar-refractivity contribution in [2.75, 3.05) is 6.54 Å². The quantitative estimate of drug-likeness (QED) is 0.775. The highest BCUT2D eigenvalue weighted by Crippen LogP contribution is 2.43. The van der Waals surface area contributed by atoms with Crippen molar-refractivity contribution in [3.63, 3.8) is 0 Å². The third-order valence-corrected chi connectivity index (χ3v) is 3.80. The highest BCUT2D eigenvalue weighted by atomic mass is 16.6. The minimum Gasteiger partial charge on any atom is -0.444 e. The summed E-state index contributed by atoms with van der Waals surface area (Å²) in [7, 11) is 0. The molecule has 110 valence electrons. The predicted molar refractivity (Wildman–Crippen MR) is 71.6 cm³/mol. The summed E-state index contributed by atoms with van der Waals surface area (Å²) in [4.78, 5) is 26.0. The van der Waals surface area contributed by atoms with Crippen LogP contribution in [-0.4, -0.2) is 41.1 Å². The van der Waals surface area contributed by atoms with Crippen LogP contribution in [-0.2, 0) is 9.53 Å². The highest BCUT2D eigenvalue weighted by molar-refractivity contribution is 5.87. The van der Waals surface area contributed by atoms with E-state index >= 15 is 0 Å². The number of amides is 2. The molecule has 6 heteroatoms. The summed E-state index contributed by atoms with van der Waals surface area (Å²) < 4.78 is 5.40. The first-order valence-corrected chi connectivity index (χ1v) is 6.99.